The third-order valence-electron chi connectivity index (χ3n) is 8.13. The molecule has 0 amide bonds. The van der Waals surface area contributed by atoms with E-state index in [1.54, 1.807) is 0 Å². The lowest BCUT2D eigenvalue weighted by Gasteiger charge is -2.28. The van der Waals surface area contributed by atoms with Crippen LogP contribution in [0.4, 0.5) is 17.1 Å². The summed E-state index contributed by atoms with van der Waals surface area (Å²) >= 11 is 0. The Morgan fingerprint density at radius 2 is 1.06 bits per heavy atom. The summed E-state index contributed by atoms with van der Waals surface area (Å²) in [6.07, 6.45) is 0. The monoisotopic (exact) mass is 688 g/mol. The van der Waals surface area contributed by atoms with Crippen molar-refractivity contribution >= 4 is 49.8 Å². The predicted octanol–water partition coefficient (Wildman–Crippen LogP) is 13.8. The Kier molecular flexibility index (Phi) is 2.40. The first-order valence-electron chi connectivity index (χ1n) is 32.3. The van der Waals surface area contributed by atoms with Crippen LogP contribution in [0.5, 0.6) is 0 Å². The molecule has 0 spiro atoms. The fourth-order valence-electron chi connectivity index (χ4n) is 5.87. The molecule has 0 saturated carbocycles. The van der Waals surface area contributed by atoms with Crippen LogP contribution in [-0.2, 0) is 5.41 Å². The third kappa shape index (κ3) is 4.64. The molecule has 1 aliphatic carbocycles. The van der Waals surface area contributed by atoms with Crippen molar-refractivity contribution in [3.05, 3.63) is 186 Å². The molecule has 1 heterocycles. The minimum atomic E-state index is -4.05. The lowest BCUT2D eigenvalue weighted by molar-refractivity contribution is 0.660. The molecule has 9 aromatic rings. The number of hydrogen-bond acceptors (Lipinski definition) is 2. The van der Waals surface area contributed by atoms with Gasteiger partial charge < -0.3 is 9.32 Å². The minimum Gasteiger partial charge on any atom is -0.455 e. The molecule has 242 valence electrons. The maximum atomic E-state index is 10.2. The molecule has 0 fully saturated rings. The van der Waals surface area contributed by atoms with Crippen molar-refractivity contribution in [2.75, 3.05) is 4.90 Å². The zero-order chi connectivity index (χ0) is 64.3. The molecule has 2 heteroatoms. The summed E-state index contributed by atoms with van der Waals surface area (Å²) in [5.41, 5.74) is -17.6. The summed E-state index contributed by atoms with van der Waals surface area (Å²) in [6, 6.07) is -33.2. The van der Waals surface area contributed by atoms with Gasteiger partial charge in [-0.3, -0.25) is 0 Å². The van der Waals surface area contributed by atoms with Crippen LogP contribution in [0.3, 0.4) is 0 Å². The minimum absolute atomic E-state index is 0.186. The molecular weight excluding hydrogens is 619 g/mol. The van der Waals surface area contributed by atoms with Gasteiger partial charge >= 0.3 is 0 Å². The van der Waals surface area contributed by atoms with Crippen LogP contribution in [0, 0.1) is 0 Å². The van der Waals surface area contributed by atoms with Crippen LogP contribution in [-0.4, -0.2) is 0 Å². The Hall–Kier alpha value is -6.38. The highest BCUT2D eigenvalue weighted by molar-refractivity contribution is 6.19. The second kappa shape index (κ2) is 11.3. The average molecular weight is 689 g/mol. The van der Waals surface area contributed by atoms with Crippen LogP contribution in [0.2, 0.25) is 0 Å². The van der Waals surface area contributed by atoms with E-state index >= 15 is 0 Å². The Labute approximate surface area is 347 Å². The van der Waals surface area contributed by atoms with Crippen molar-refractivity contribution in [1.29, 1.82) is 0 Å². The Morgan fingerprint density at radius 1 is 0.451 bits per heavy atom. The van der Waals surface area contributed by atoms with Gasteiger partial charge in [0.05, 0.1) is 39.8 Å². The highest BCUT2D eigenvalue weighted by Crippen LogP contribution is 2.51. The highest BCUT2D eigenvalue weighted by Gasteiger charge is 2.35. The van der Waals surface area contributed by atoms with Gasteiger partial charge in [0.25, 0.3) is 0 Å². The Balaban J connectivity index is 1.49. The summed E-state index contributed by atoms with van der Waals surface area (Å²) in [5.74, 6) is 0. The van der Waals surface area contributed by atoms with Gasteiger partial charge in [-0.1, -0.05) is 141 Å². The van der Waals surface area contributed by atoms with Gasteiger partial charge in [0.2, 0.25) is 0 Å². The van der Waals surface area contributed by atoms with Gasteiger partial charge in [0, 0.05) is 46.9 Å². The molecule has 0 saturated heterocycles. The number of anilines is 3. The van der Waals surface area contributed by atoms with Gasteiger partial charge in [-0.05, 0) is 98.2 Å². The lowest BCUT2D eigenvalue weighted by Crippen LogP contribution is -2.16. The summed E-state index contributed by atoms with van der Waals surface area (Å²) in [4.78, 5) is 0.186. The summed E-state index contributed by atoms with van der Waals surface area (Å²) < 4.78 is 323. The number of hydrogen-bond donors (Lipinski definition) is 0. The first-order valence-corrected chi connectivity index (χ1v) is 14.8. The molecule has 51 heavy (non-hydrogen) atoms. The molecule has 0 unspecified atom stereocenters. The first kappa shape index (κ1) is 10.8. The van der Waals surface area contributed by atoms with E-state index < -0.39 is 289 Å². The molecule has 0 atom stereocenters. The summed E-state index contributed by atoms with van der Waals surface area (Å²) in [5, 5.41) is -3.04. The number of nitrogens with zero attached hydrogens (tertiary/aromatic N) is 1. The van der Waals surface area contributed by atoms with Crippen LogP contribution in [0.25, 0.3) is 66.1 Å². The van der Waals surface area contributed by atoms with Gasteiger partial charge in [-0.25, -0.2) is 0 Å². The van der Waals surface area contributed by atoms with Crippen molar-refractivity contribution in [2.24, 2.45) is 0 Å². The van der Waals surface area contributed by atoms with Crippen molar-refractivity contribution in [2.45, 2.75) is 19.1 Å². The maximum absolute atomic E-state index is 10.2. The van der Waals surface area contributed by atoms with Crippen molar-refractivity contribution in [1.82, 2.24) is 0 Å². The molecule has 2 nitrogen and oxygen atoms in total. The molecule has 0 aliphatic heterocycles. The normalized spacial score (nSPS) is 23.3. The zero-order valence-electron chi connectivity index (χ0n) is 60.4. The van der Waals surface area contributed by atoms with E-state index in [1.807, 2.05) is 0 Å². The quantitative estimate of drug-likeness (QED) is 0.179. The second-order valence-electron chi connectivity index (χ2n) is 11.0. The number of fused-ring (bicyclic) bond motifs is 8. The van der Waals surface area contributed by atoms with Gasteiger partial charge in [-0.15, -0.1) is 0 Å². The standard InChI is InChI=1S/C49H35NO/c1-49(2)45-20-12-11-18-39(45)40-27-25-37(30-46(40)49)50(35-23-21-33(22-24-35)32-13-5-3-6-14-32)36-26-28-47-43(29-36)44-31-42(34-15-7-4-8-16-34)38-17-9-10-19-41(38)48(44)51-47/h3-31H,1-2H3/i1D3,2D3,3D,4D,5D,6D,7D,8D,9D,10D,11D,12D,13D,14D,15D,16D,17D,18D,19D,20D,21D,22D,23D,24D,25D,26D,27D,28D,29D,30D,31D. The van der Waals surface area contributed by atoms with Crippen LogP contribution in [0.15, 0.2) is 180 Å². The Bertz CT molecular complexity index is 4570. The van der Waals surface area contributed by atoms with Crippen molar-refractivity contribution in [3.8, 4) is 33.4 Å². The van der Waals surface area contributed by atoms with Gasteiger partial charge in [0.15, 0.2) is 0 Å². The average Bonchev–Trinajstić information content (AvgIpc) is 1.47. The van der Waals surface area contributed by atoms with Crippen LogP contribution in [0.1, 0.15) is 72.8 Å². The van der Waals surface area contributed by atoms with Crippen LogP contribution < -0.4 is 4.90 Å². The molecule has 0 N–H and O–H groups in total. The fourth-order valence-corrected chi connectivity index (χ4v) is 5.87. The first-order chi connectivity index (χ1) is 39.6. The fraction of sp³-hybridized carbons (Fsp3) is 0.0612. The molecule has 8 aromatic carbocycles. The summed E-state index contributed by atoms with van der Waals surface area (Å²) in [6.45, 7) is -8.10. The molecule has 0 radical (unpaired) electrons. The molecule has 1 aliphatic rings. The van der Waals surface area contributed by atoms with Crippen LogP contribution >= 0.6 is 0 Å². The van der Waals surface area contributed by atoms with Crippen molar-refractivity contribution in [3.63, 3.8) is 0 Å². The van der Waals surface area contributed by atoms with Gasteiger partial charge in [-0.2, -0.15) is 0 Å². The molecule has 1 aromatic heterocycles. The van der Waals surface area contributed by atoms with Gasteiger partial charge in [0.1, 0.15) is 11.2 Å². The van der Waals surface area contributed by atoms with Crippen molar-refractivity contribution < 1.29 is 52.4 Å². The second-order valence-corrected chi connectivity index (χ2v) is 11.0. The Morgan fingerprint density at radius 3 is 1.84 bits per heavy atom. The third-order valence-corrected chi connectivity index (χ3v) is 8.13. The predicted molar refractivity (Wildman–Crippen MR) is 214 cm³/mol. The van der Waals surface area contributed by atoms with E-state index in [-0.39, 0.29) is 4.90 Å². The topological polar surface area (TPSA) is 16.4 Å². The molecule has 0 bridgehead atoms. The van der Waals surface area contributed by atoms with E-state index in [9.17, 15) is 15.1 Å². The number of rotatable bonds is 5. The van der Waals surface area contributed by atoms with E-state index in [2.05, 4.69) is 0 Å². The smallest absolute Gasteiger partial charge is 0.143 e. The number of benzene rings is 8. The zero-order valence-corrected chi connectivity index (χ0v) is 25.4. The highest BCUT2D eigenvalue weighted by atomic mass is 16.3. The number of furan rings is 1. The SMILES string of the molecule is [2H]c1c([2H])c([2H])c(-c2c([2H])c([2H])c(N(c3c([2H])c([2H])c4c(c3[2H])C(C([2H])([2H])[2H])(C([2H])([2H])[2H])c3c([2H])c([2H])c([2H])c([2H])c3-4)c3c([2H])c([2H])c4oc5c6c([2H])c([2H])c([2H])c([2H])c6c(-c6c([2H])c([2H])c([2H])c([2H])c6[2H])c([2H])c5c4c3[2H])c([2H])c2[2H])c([2H])c1[2H]. The van der Waals surface area contributed by atoms with E-state index in [0.717, 1.165) is 0 Å². The van der Waals surface area contributed by atoms with E-state index in [1.165, 1.54) is 0 Å². The largest absolute Gasteiger partial charge is 0.455 e. The lowest BCUT2D eigenvalue weighted by atomic mass is 9.82. The molecular formula is C49H35NO. The van der Waals surface area contributed by atoms with E-state index in [4.69, 9.17) is 37.3 Å². The maximum Gasteiger partial charge on any atom is 0.143 e. The summed E-state index contributed by atoms with van der Waals surface area (Å²) in [7, 11) is 0. The molecule has 10 rings (SSSR count). The van der Waals surface area contributed by atoms with E-state index in [0.29, 0.717) is 0 Å².